The Morgan fingerprint density at radius 1 is 1.53 bits per heavy atom. The number of aliphatic hydroxyl groups excluding tert-OH is 1. The summed E-state index contributed by atoms with van der Waals surface area (Å²) in [4.78, 5) is 13.8. The molecule has 1 unspecified atom stereocenters. The van der Waals surface area contributed by atoms with Crippen LogP contribution in [-0.4, -0.2) is 46.2 Å². The standard InChI is InChI=1S/C11H22N2O2/c1-10(2,3)13-8(6-14)9(15)12-7-11(13,4)5/h8,14H,6-7H2,1-5H3,(H,12,15). The van der Waals surface area contributed by atoms with E-state index in [2.05, 4.69) is 44.8 Å². The zero-order valence-corrected chi connectivity index (χ0v) is 10.3. The summed E-state index contributed by atoms with van der Waals surface area (Å²) in [6, 6.07) is -0.436. The molecule has 4 heteroatoms. The summed E-state index contributed by atoms with van der Waals surface area (Å²) in [6.45, 7) is 10.9. The van der Waals surface area contributed by atoms with Crippen LogP contribution in [0.25, 0.3) is 0 Å². The highest BCUT2D eigenvalue weighted by Gasteiger charge is 2.45. The first-order valence-corrected chi connectivity index (χ1v) is 5.38. The normalized spacial score (nSPS) is 27.6. The first-order valence-electron chi connectivity index (χ1n) is 5.38. The van der Waals surface area contributed by atoms with Crippen LogP contribution >= 0.6 is 0 Å². The minimum Gasteiger partial charge on any atom is -0.394 e. The average Bonchev–Trinajstić information content (AvgIpc) is 2.06. The Kier molecular flexibility index (Phi) is 3.12. The summed E-state index contributed by atoms with van der Waals surface area (Å²) in [5.41, 5.74) is -0.256. The number of amides is 1. The Morgan fingerprint density at radius 3 is 2.40 bits per heavy atom. The summed E-state index contributed by atoms with van der Waals surface area (Å²) >= 11 is 0. The number of carbonyl (C=O) groups is 1. The number of nitrogens with one attached hydrogen (secondary N) is 1. The number of hydrogen-bond donors (Lipinski definition) is 2. The third kappa shape index (κ3) is 2.32. The summed E-state index contributed by atoms with van der Waals surface area (Å²) in [5.74, 6) is -0.0771. The summed E-state index contributed by atoms with van der Waals surface area (Å²) < 4.78 is 0. The molecule has 0 spiro atoms. The van der Waals surface area contributed by atoms with Crippen molar-refractivity contribution in [2.45, 2.75) is 51.7 Å². The van der Waals surface area contributed by atoms with E-state index in [4.69, 9.17) is 0 Å². The van der Waals surface area contributed by atoms with Gasteiger partial charge in [0.05, 0.1) is 6.61 Å². The molecule has 1 amide bonds. The van der Waals surface area contributed by atoms with E-state index in [1.54, 1.807) is 0 Å². The number of piperazine rings is 1. The third-order valence-corrected chi connectivity index (χ3v) is 2.86. The van der Waals surface area contributed by atoms with E-state index in [1.807, 2.05) is 0 Å². The van der Waals surface area contributed by atoms with Gasteiger partial charge in [-0.3, -0.25) is 9.69 Å². The number of hydrogen-bond acceptors (Lipinski definition) is 3. The molecule has 1 atom stereocenters. The molecule has 0 radical (unpaired) electrons. The number of aliphatic hydroxyl groups is 1. The molecule has 0 aromatic rings. The maximum absolute atomic E-state index is 11.7. The van der Waals surface area contributed by atoms with Gasteiger partial charge in [0, 0.05) is 17.6 Å². The van der Waals surface area contributed by atoms with Crippen LogP contribution in [-0.2, 0) is 4.79 Å². The molecule has 1 heterocycles. The molecule has 1 rings (SSSR count). The number of carbonyl (C=O) groups excluding carboxylic acids is 1. The zero-order chi connectivity index (χ0) is 11.9. The van der Waals surface area contributed by atoms with Gasteiger partial charge in [-0.25, -0.2) is 0 Å². The van der Waals surface area contributed by atoms with Crippen LogP contribution < -0.4 is 5.32 Å². The Bertz CT molecular complexity index is 256. The Morgan fingerprint density at radius 2 is 2.07 bits per heavy atom. The highest BCUT2D eigenvalue weighted by atomic mass is 16.3. The Balaban J connectivity index is 3.05. The highest BCUT2D eigenvalue weighted by Crippen LogP contribution is 2.29. The van der Waals surface area contributed by atoms with Crippen LogP contribution in [0.1, 0.15) is 34.6 Å². The van der Waals surface area contributed by atoms with Crippen LogP contribution in [0.4, 0.5) is 0 Å². The molecule has 2 N–H and O–H groups in total. The summed E-state index contributed by atoms with van der Waals surface area (Å²) in [6.07, 6.45) is 0. The fourth-order valence-corrected chi connectivity index (χ4v) is 2.59. The lowest BCUT2D eigenvalue weighted by molar-refractivity contribution is -0.143. The number of nitrogens with zero attached hydrogens (tertiary/aromatic N) is 1. The van der Waals surface area contributed by atoms with Crippen molar-refractivity contribution >= 4 is 5.91 Å². The lowest BCUT2D eigenvalue weighted by Crippen LogP contribution is -2.71. The molecule has 0 aliphatic carbocycles. The van der Waals surface area contributed by atoms with E-state index in [0.717, 1.165) is 0 Å². The second-order valence-electron chi connectivity index (χ2n) is 5.77. The van der Waals surface area contributed by atoms with Crippen molar-refractivity contribution in [3.8, 4) is 0 Å². The summed E-state index contributed by atoms with van der Waals surface area (Å²) in [7, 11) is 0. The molecule has 0 aromatic heterocycles. The maximum atomic E-state index is 11.7. The molecular weight excluding hydrogens is 192 g/mol. The minimum absolute atomic E-state index is 0.0771. The maximum Gasteiger partial charge on any atom is 0.239 e. The number of rotatable bonds is 1. The quantitative estimate of drug-likeness (QED) is 0.662. The van der Waals surface area contributed by atoms with E-state index in [1.165, 1.54) is 0 Å². The molecule has 0 bridgehead atoms. The van der Waals surface area contributed by atoms with Gasteiger partial charge < -0.3 is 10.4 Å². The largest absolute Gasteiger partial charge is 0.394 e. The molecule has 1 aliphatic rings. The molecule has 88 valence electrons. The van der Waals surface area contributed by atoms with Crippen LogP contribution in [0.3, 0.4) is 0 Å². The van der Waals surface area contributed by atoms with Crippen molar-refractivity contribution in [2.75, 3.05) is 13.2 Å². The molecular formula is C11H22N2O2. The van der Waals surface area contributed by atoms with Gasteiger partial charge in [0.1, 0.15) is 6.04 Å². The minimum atomic E-state index is -0.436. The van der Waals surface area contributed by atoms with Crippen LogP contribution in [0.5, 0.6) is 0 Å². The summed E-state index contributed by atoms with van der Waals surface area (Å²) in [5, 5.41) is 12.2. The average molecular weight is 214 g/mol. The van der Waals surface area contributed by atoms with E-state index in [0.29, 0.717) is 6.54 Å². The fourth-order valence-electron chi connectivity index (χ4n) is 2.59. The second kappa shape index (κ2) is 3.76. The van der Waals surface area contributed by atoms with E-state index < -0.39 is 6.04 Å². The Labute approximate surface area is 91.6 Å². The van der Waals surface area contributed by atoms with Gasteiger partial charge in [0.25, 0.3) is 0 Å². The molecule has 1 saturated heterocycles. The van der Waals surface area contributed by atoms with Crippen molar-refractivity contribution in [1.29, 1.82) is 0 Å². The predicted molar refractivity (Wildman–Crippen MR) is 59.6 cm³/mol. The topological polar surface area (TPSA) is 52.6 Å². The van der Waals surface area contributed by atoms with Gasteiger partial charge in [-0.2, -0.15) is 0 Å². The van der Waals surface area contributed by atoms with E-state index in [9.17, 15) is 9.90 Å². The SMILES string of the molecule is CC(C)(C)N1C(CO)C(=O)NCC1(C)C. The van der Waals surface area contributed by atoms with Gasteiger partial charge in [-0.05, 0) is 34.6 Å². The van der Waals surface area contributed by atoms with Gasteiger partial charge >= 0.3 is 0 Å². The lowest BCUT2D eigenvalue weighted by Gasteiger charge is -2.53. The van der Waals surface area contributed by atoms with Crippen LogP contribution in [0, 0.1) is 0 Å². The first-order chi connectivity index (χ1) is 6.70. The monoisotopic (exact) mass is 214 g/mol. The first kappa shape index (κ1) is 12.5. The van der Waals surface area contributed by atoms with E-state index >= 15 is 0 Å². The smallest absolute Gasteiger partial charge is 0.239 e. The second-order valence-corrected chi connectivity index (χ2v) is 5.77. The molecule has 0 aromatic carbocycles. The molecule has 1 fully saturated rings. The van der Waals surface area contributed by atoms with Crippen molar-refractivity contribution < 1.29 is 9.90 Å². The molecule has 4 nitrogen and oxygen atoms in total. The van der Waals surface area contributed by atoms with Crippen molar-refractivity contribution in [1.82, 2.24) is 10.2 Å². The lowest BCUT2D eigenvalue weighted by atomic mass is 9.89. The predicted octanol–water partition coefficient (Wildman–Crippen LogP) is 0.356. The van der Waals surface area contributed by atoms with Gasteiger partial charge in [0.2, 0.25) is 5.91 Å². The fraction of sp³-hybridized carbons (Fsp3) is 0.909. The zero-order valence-electron chi connectivity index (χ0n) is 10.3. The van der Waals surface area contributed by atoms with Gasteiger partial charge in [-0.1, -0.05) is 0 Å². The molecule has 15 heavy (non-hydrogen) atoms. The Hall–Kier alpha value is -0.610. The van der Waals surface area contributed by atoms with Gasteiger partial charge in [0.15, 0.2) is 0 Å². The van der Waals surface area contributed by atoms with Crippen molar-refractivity contribution in [2.24, 2.45) is 0 Å². The molecule has 1 aliphatic heterocycles. The van der Waals surface area contributed by atoms with Crippen molar-refractivity contribution in [3.05, 3.63) is 0 Å². The van der Waals surface area contributed by atoms with E-state index in [-0.39, 0.29) is 23.6 Å². The molecule has 0 saturated carbocycles. The van der Waals surface area contributed by atoms with Crippen molar-refractivity contribution in [3.63, 3.8) is 0 Å². The highest BCUT2D eigenvalue weighted by molar-refractivity contribution is 5.83. The van der Waals surface area contributed by atoms with Crippen LogP contribution in [0.2, 0.25) is 0 Å². The van der Waals surface area contributed by atoms with Crippen LogP contribution in [0.15, 0.2) is 0 Å². The van der Waals surface area contributed by atoms with Gasteiger partial charge in [-0.15, -0.1) is 0 Å². The third-order valence-electron chi connectivity index (χ3n) is 2.86.